The van der Waals surface area contributed by atoms with Crippen molar-refractivity contribution >= 4 is 0 Å². The van der Waals surface area contributed by atoms with E-state index in [2.05, 4.69) is 11.4 Å². The second-order valence-electron chi connectivity index (χ2n) is 5.29. The summed E-state index contributed by atoms with van der Waals surface area (Å²) >= 11 is 0. The number of aliphatic hydroxyl groups is 1. The first kappa shape index (κ1) is 12.0. The van der Waals surface area contributed by atoms with Gasteiger partial charge in [-0.3, -0.25) is 0 Å². The SMILES string of the molecule is OC(c1cccc2c1OCCC2)C1CCCCN1. The standard InChI is InChI=1S/C15H21NO2/c17-14(13-8-1-2-9-16-13)12-7-3-5-11-6-4-10-18-15(11)12/h3,5,7,13-14,16-17H,1-2,4,6,8-10H2. The molecular formula is C15H21NO2. The number of ether oxygens (including phenoxy) is 1. The molecule has 2 atom stereocenters. The van der Waals surface area contributed by atoms with E-state index in [4.69, 9.17) is 4.74 Å². The molecule has 0 radical (unpaired) electrons. The maximum Gasteiger partial charge on any atom is 0.128 e. The molecule has 3 heteroatoms. The number of para-hydroxylation sites is 1. The molecule has 98 valence electrons. The third-order valence-electron chi connectivity index (χ3n) is 4.01. The fourth-order valence-corrected chi connectivity index (χ4v) is 3.01. The monoisotopic (exact) mass is 247 g/mol. The quantitative estimate of drug-likeness (QED) is 0.841. The Morgan fingerprint density at radius 1 is 1.28 bits per heavy atom. The second-order valence-corrected chi connectivity index (χ2v) is 5.29. The molecule has 2 aliphatic rings. The average Bonchev–Trinajstić information content (AvgIpc) is 2.47. The first-order chi connectivity index (χ1) is 8.86. The first-order valence-electron chi connectivity index (χ1n) is 7.02. The molecule has 0 bridgehead atoms. The Balaban J connectivity index is 1.86. The van der Waals surface area contributed by atoms with Crippen molar-refractivity contribution in [2.24, 2.45) is 0 Å². The lowest BCUT2D eigenvalue weighted by Gasteiger charge is -2.30. The fourth-order valence-electron chi connectivity index (χ4n) is 3.01. The minimum atomic E-state index is -0.446. The van der Waals surface area contributed by atoms with Crippen LogP contribution in [-0.2, 0) is 6.42 Å². The van der Waals surface area contributed by atoms with Crippen molar-refractivity contribution in [1.82, 2.24) is 5.32 Å². The highest BCUT2D eigenvalue weighted by Gasteiger charge is 2.27. The molecule has 0 aromatic heterocycles. The fraction of sp³-hybridized carbons (Fsp3) is 0.600. The van der Waals surface area contributed by atoms with Gasteiger partial charge < -0.3 is 15.2 Å². The predicted molar refractivity (Wildman–Crippen MR) is 70.9 cm³/mol. The molecule has 2 heterocycles. The van der Waals surface area contributed by atoms with Gasteiger partial charge in [0, 0.05) is 11.6 Å². The van der Waals surface area contributed by atoms with Gasteiger partial charge in [-0.15, -0.1) is 0 Å². The number of hydrogen-bond donors (Lipinski definition) is 2. The van der Waals surface area contributed by atoms with Gasteiger partial charge in [0.1, 0.15) is 5.75 Å². The summed E-state index contributed by atoms with van der Waals surface area (Å²) in [6.45, 7) is 1.78. The lowest BCUT2D eigenvalue weighted by atomic mass is 9.92. The number of piperidine rings is 1. The van der Waals surface area contributed by atoms with E-state index in [0.29, 0.717) is 0 Å². The molecule has 1 aromatic rings. The van der Waals surface area contributed by atoms with Crippen molar-refractivity contribution in [2.45, 2.75) is 44.2 Å². The van der Waals surface area contributed by atoms with Gasteiger partial charge >= 0.3 is 0 Å². The maximum absolute atomic E-state index is 10.6. The van der Waals surface area contributed by atoms with Crippen LogP contribution in [0.2, 0.25) is 0 Å². The van der Waals surface area contributed by atoms with E-state index in [9.17, 15) is 5.11 Å². The summed E-state index contributed by atoms with van der Waals surface area (Å²) in [5.74, 6) is 0.934. The van der Waals surface area contributed by atoms with Crippen LogP contribution < -0.4 is 10.1 Å². The van der Waals surface area contributed by atoms with Crippen molar-refractivity contribution in [3.63, 3.8) is 0 Å². The molecule has 1 aromatic carbocycles. The normalized spacial score (nSPS) is 25.1. The summed E-state index contributed by atoms with van der Waals surface area (Å²) in [5, 5.41) is 14.0. The van der Waals surface area contributed by atoms with Crippen LogP contribution in [0.1, 0.15) is 42.9 Å². The van der Waals surface area contributed by atoms with Crippen LogP contribution in [0.25, 0.3) is 0 Å². The Labute approximate surface area is 108 Å². The molecule has 18 heavy (non-hydrogen) atoms. The predicted octanol–water partition coefficient (Wildman–Crippen LogP) is 2.19. The van der Waals surface area contributed by atoms with Crippen LogP contribution in [-0.4, -0.2) is 24.3 Å². The van der Waals surface area contributed by atoms with Crippen LogP contribution in [0.15, 0.2) is 18.2 Å². The van der Waals surface area contributed by atoms with E-state index in [1.165, 1.54) is 18.4 Å². The van der Waals surface area contributed by atoms with E-state index in [-0.39, 0.29) is 6.04 Å². The van der Waals surface area contributed by atoms with Crippen LogP contribution in [0.4, 0.5) is 0 Å². The van der Waals surface area contributed by atoms with E-state index in [1.807, 2.05) is 12.1 Å². The lowest BCUT2D eigenvalue weighted by Crippen LogP contribution is -2.39. The Kier molecular flexibility index (Phi) is 3.52. The Morgan fingerprint density at radius 2 is 2.22 bits per heavy atom. The number of nitrogens with one attached hydrogen (secondary N) is 1. The largest absolute Gasteiger partial charge is 0.493 e. The smallest absolute Gasteiger partial charge is 0.128 e. The molecule has 2 N–H and O–H groups in total. The van der Waals surface area contributed by atoms with E-state index < -0.39 is 6.10 Å². The summed E-state index contributed by atoms with van der Waals surface area (Å²) in [6.07, 6.45) is 5.16. The Morgan fingerprint density at radius 3 is 3.06 bits per heavy atom. The van der Waals surface area contributed by atoms with Crippen LogP contribution >= 0.6 is 0 Å². The molecule has 1 fully saturated rings. The molecule has 0 amide bonds. The number of aliphatic hydroxyl groups excluding tert-OH is 1. The minimum absolute atomic E-state index is 0.177. The van der Waals surface area contributed by atoms with Crippen LogP contribution in [0, 0.1) is 0 Å². The van der Waals surface area contributed by atoms with Gasteiger partial charge in [0.2, 0.25) is 0 Å². The van der Waals surface area contributed by atoms with Crippen molar-refractivity contribution in [1.29, 1.82) is 0 Å². The zero-order chi connectivity index (χ0) is 12.4. The zero-order valence-electron chi connectivity index (χ0n) is 10.7. The van der Waals surface area contributed by atoms with Crippen molar-refractivity contribution in [3.8, 4) is 5.75 Å². The molecule has 2 aliphatic heterocycles. The number of fused-ring (bicyclic) bond motifs is 1. The van der Waals surface area contributed by atoms with Gasteiger partial charge in [0.25, 0.3) is 0 Å². The highest BCUT2D eigenvalue weighted by molar-refractivity contribution is 5.44. The summed E-state index contributed by atoms with van der Waals surface area (Å²) < 4.78 is 5.78. The molecular weight excluding hydrogens is 226 g/mol. The summed E-state index contributed by atoms with van der Waals surface area (Å²) in [4.78, 5) is 0. The Hall–Kier alpha value is -1.06. The summed E-state index contributed by atoms with van der Waals surface area (Å²) in [5.41, 5.74) is 2.21. The maximum atomic E-state index is 10.6. The third-order valence-corrected chi connectivity index (χ3v) is 4.01. The molecule has 3 nitrogen and oxygen atoms in total. The molecule has 1 saturated heterocycles. The van der Waals surface area contributed by atoms with E-state index >= 15 is 0 Å². The molecule has 0 aliphatic carbocycles. The number of aryl methyl sites for hydroxylation is 1. The molecule has 0 saturated carbocycles. The van der Waals surface area contributed by atoms with Gasteiger partial charge in [-0.2, -0.15) is 0 Å². The van der Waals surface area contributed by atoms with Gasteiger partial charge in [-0.25, -0.2) is 0 Å². The lowest BCUT2D eigenvalue weighted by molar-refractivity contribution is 0.109. The van der Waals surface area contributed by atoms with Crippen molar-refractivity contribution in [2.75, 3.05) is 13.2 Å². The first-order valence-corrected chi connectivity index (χ1v) is 7.02. The average molecular weight is 247 g/mol. The molecule has 3 rings (SSSR count). The second kappa shape index (κ2) is 5.29. The Bertz CT molecular complexity index is 413. The van der Waals surface area contributed by atoms with Crippen LogP contribution in [0.3, 0.4) is 0 Å². The van der Waals surface area contributed by atoms with Gasteiger partial charge in [-0.1, -0.05) is 24.6 Å². The summed E-state index contributed by atoms with van der Waals surface area (Å²) in [7, 11) is 0. The topological polar surface area (TPSA) is 41.5 Å². The van der Waals surface area contributed by atoms with Gasteiger partial charge in [0.05, 0.1) is 12.7 Å². The van der Waals surface area contributed by atoms with Gasteiger partial charge in [-0.05, 0) is 37.8 Å². The number of benzene rings is 1. The number of rotatable bonds is 2. The third kappa shape index (κ3) is 2.25. The molecule has 0 spiro atoms. The van der Waals surface area contributed by atoms with E-state index in [0.717, 1.165) is 43.7 Å². The van der Waals surface area contributed by atoms with E-state index in [1.54, 1.807) is 0 Å². The van der Waals surface area contributed by atoms with Crippen molar-refractivity contribution < 1.29 is 9.84 Å². The number of hydrogen-bond acceptors (Lipinski definition) is 3. The summed E-state index contributed by atoms with van der Waals surface area (Å²) in [6, 6.07) is 6.33. The zero-order valence-corrected chi connectivity index (χ0v) is 10.7. The van der Waals surface area contributed by atoms with Gasteiger partial charge in [0.15, 0.2) is 0 Å². The molecule has 2 unspecified atom stereocenters. The minimum Gasteiger partial charge on any atom is -0.493 e. The highest BCUT2D eigenvalue weighted by Crippen LogP contribution is 2.35. The van der Waals surface area contributed by atoms with Crippen molar-refractivity contribution in [3.05, 3.63) is 29.3 Å². The highest BCUT2D eigenvalue weighted by atomic mass is 16.5. The van der Waals surface area contributed by atoms with Crippen LogP contribution in [0.5, 0.6) is 5.75 Å².